The van der Waals surface area contributed by atoms with Gasteiger partial charge in [0, 0.05) is 10.3 Å². The van der Waals surface area contributed by atoms with E-state index in [9.17, 15) is 4.39 Å². The van der Waals surface area contributed by atoms with Gasteiger partial charge in [0.05, 0.1) is 9.83 Å². The molecular formula is C13H9BrFNOS. The zero-order chi connectivity index (χ0) is 12.7. The van der Waals surface area contributed by atoms with Gasteiger partial charge < -0.3 is 10.2 Å². The lowest BCUT2D eigenvalue weighted by atomic mass is 10.2. The largest absolute Gasteiger partial charge is 0.459 e. The number of fused-ring (bicyclic) bond motifs is 1. The molecule has 1 atom stereocenters. The molecule has 0 saturated heterocycles. The summed E-state index contributed by atoms with van der Waals surface area (Å²) in [4.78, 5) is 1.00. The quantitative estimate of drug-likeness (QED) is 0.756. The van der Waals surface area contributed by atoms with Gasteiger partial charge >= 0.3 is 0 Å². The van der Waals surface area contributed by atoms with Crippen LogP contribution >= 0.6 is 27.3 Å². The van der Waals surface area contributed by atoms with E-state index in [1.54, 1.807) is 23.5 Å². The number of hydrogen-bond acceptors (Lipinski definition) is 3. The molecule has 3 rings (SSSR count). The van der Waals surface area contributed by atoms with Crippen LogP contribution in [0.1, 0.15) is 16.7 Å². The van der Waals surface area contributed by atoms with E-state index in [1.165, 1.54) is 12.1 Å². The Morgan fingerprint density at radius 3 is 2.78 bits per heavy atom. The molecule has 1 unspecified atom stereocenters. The van der Waals surface area contributed by atoms with Crippen LogP contribution in [-0.4, -0.2) is 0 Å². The summed E-state index contributed by atoms with van der Waals surface area (Å²) in [5.74, 6) is 0.368. The number of halogens is 2. The van der Waals surface area contributed by atoms with Crippen LogP contribution in [0.5, 0.6) is 0 Å². The lowest BCUT2D eigenvalue weighted by molar-refractivity contribution is 0.527. The second-order valence-electron chi connectivity index (χ2n) is 3.95. The molecule has 0 aliphatic heterocycles. The van der Waals surface area contributed by atoms with Gasteiger partial charge in [-0.25, -0.2) is 4.39 Å². The van der Waals surface area contributed by atoms with Crippen molar-refractivity contribution < 1.29 is 8.81 Å². The van der Waals surface area contributed by atoms with E-state index in [0.29, 0.717) is 11.3 Å². The fraction of sp³-hybridized carbons (Fsp3) is 0.0769. The third-order valence-corrected chi connectivity index (χ3v) is 4.41. The molecule has 0 radical (unpaired) electrons. The number of rotatable bonds is 2. The summed E-state index contributed by atoms with van der Waals surface area (Å²) in [6.45, 7) is 0. The van der Waals surface area contributed by atoms with E-state index < -0.39 is 0 Å². The van der Waals surface area contributed by atoms with Gasteiger partial charge in [0.2, 0.25) is 0 Å². The maximum absolute atomic E-state index is 13.1. The normalized spacial score (nSPS) is 13.1. The van der Waals surface area contributed by atoms with Crippen molar-refractivity contribution in [3.8, 4) is 0 Å². The SMILES string of the molecule is NC(c1cc2cc(F)ccc2o1)c1ccc(Br)s1. The maximum Gasteiger partial charge on any atom is 0.134 e. The molecule has 0 bridgehead atoms. The van der Waals surface area contributed by atoms with Gasteiger partial charge in [0.25, 0.3) is 0 Å². The Bertz CT molecular complexity index is 706. The number of thiophene rings is 1. The van der Waals surface area contributed by atoms with Crippen LogP contribution in [0.2, 0.25) is 0 Å². The molecule has 18 heavy (non-hydrogen) atoms. The topological polar surface area (TPSA) is 39.2 Å². The Morgan fingerprint density at radius 1 is 1.22 bits per heavy atom. The van der Waals surface area contributed by atoms with Gasteiger partial charge in [-0.15, -0.1) is 11.3 Å². The van der Waals surface area contributed by atoms with Crippen LogP contribution in [0.3, 0.4) is 0 Å². The van der Waals surface area contributed by atoms with Gasteiger partial charge in [-0.05, 0) is 52.3 Å². The van der Waals surface area contributed by atoms with Crippen molar-refractivity contribution in [3.63, 3.8) is 0 Å². The molecule has 3 aromatic rings. The van der Waals surface area contributed by atoms with Crippen molar-refractivity contribution in [2.45, 2.75) is 6.04 Å². The minimum absolute atomic E-state index is 0.276. The third-order valence-electron chi connectivity index (χ3n) is 2.70. The van der Waals surface area contributed by atoms with Crippen molar-refractivity contribution in [3.05, 3.63) is 56.6 Å². The summed E-state index contributed by atoms with van der Waals surface area (Å²) in [5, 5.41) is 0.732. The lowest BCUT2D eigenvalue weighted by Crippen LogP contribution is -2.08. The number of furan rings is 1. The van der Waals surface area contributed by atoms with Crippen molar-refractivity contribution >= 4 is 38.2 Å². The molecular weight excluding hydrogens is 317 g/mol. The zero-order valence-electron chi connectivity index (χ0n) is 9.19. The van der Waals surface area contributed by atoms with E-state index in [4.69, 9.17) is 10.2 Å². The lowest BCUT2D eigenvalue weighted by Gasteiger charge is -2.04. The Kier molecular flexibility index (Phi) is 2.97. The molecule has 5 heteroatoms. The van der Waals surface area contributed by atoms with Crippen LogP contribution in [0.25, 0.3) is 11.0 Å². The predicted octanol–water partition coefficient (Wildman–Crippen LogP) is 4.44. The highest BCUT2D eigenvalue weighted by Crippen LogP contribution is 2.32. The Balaban J connectivity index is 2.03. The average molecular weight is 326 g/mol. The standard InChI is InChI=1S/C13H9BrFNOS/c14-12-4-3-11(18-12)13(16)10-6-7-5-8(15)1-2-9(7)17-10/h1-6,13H,16H2. The van der Waals surface area contributed by atoms with Crippen molar-refractivity contribution in [1.29, 1.82) is 0 Å². The summed E-state index contributed by atoms with van der Waals surface area (Å²) < 4.78 is 19.8. The van der Waals surface area contributed by atoms with E-state index in [-0.39, 0.29) is 11.9 Å². The first kappa shape index (κ1) is 11.9. The molecule has 2 N–H and O–H groups in total. The van der Waals surface area contributed by atoms with Gasteiger partial charge in [-0.3, -0.25) is 0 Å². The molecule has 92 valence electrons. The second-order valence-corrected chi connectivity index (χ2v) is 6.45. The highest BCUT2D eigenvalue weighted by atomic mass is 79.9. The summed E-state index contributed by atoms with van der Waals surface area (Å²) >= 11 is 4.96. The number of benzene rings is 1. The third kappa shape index (κ3) is 2.09. The van der Waals surface area contributed by atoms with E-state index in [0.717, 1.165) is 14.0 Å². The van der Waals surface area contributed by atoms with Crippen LogP contribution in [0.4, 0.5) is 4.39 Å². The highest BCUT2D eigenvalue weighted by molar-refractivity contribution is 9.11. The Morgan fingerprint density at radius 2 is 2.06 bits per heavy atom. The summed E-state index contributed by atoms with van der Waals surface area (Å²) in [6.07, 6.45) is 0. The molecule has 2 nitrogen and oxygen atoms in total. The van der Waals surface area contributed by atoms with Crippen molar-refractivity contribution in [1.82, 2.24) is 0 Å². The molecule has 0 fully saturated rings. The second kappa shape index (κ2) is 4.50. The van der Waals surface area contributed by atoms with Crippen LogP contribution < -0.4 is 5.73 Å². The Hall–Kier alpha value is -1.17. The van der Waals surface area contributed by atoms with E-state index >= 15 is 0 Å². The minimum atomic E-state index is -0.322. The molecule has 1 aromatic carbocycles. The molecule has 0 aliphatic rings. The number of hydrogen-bond donors (Lipinski definition) is 1. The molecule has 0 spiro atoms. The van der Waals surface area contributed by atoms with Gasteiger partial charge in [-0.1, -0.05) is 0 Å². The minimum Gasteiger partial charge on any atom is -0.459 e. The van der Waals surface area contributed by atoms with Crippen molar-refractivity contribution in [2.24, 2.45) is 5.73 Å². The zero-order valence-corrected chi connectivity index (χ0v) is 11.6. The average Bonchev–Trinajstić information content (AvgIpc) is 2.93. The maximum atomic E-state index is 13.1. The first-order valence-electron chi connectivity index (χ1n) is 5.33. The van der Waals surface area contributed by atoms with Gasteiger partial charge in [0.15, 0.2) is 0 Å². The van der Waals surface area contributed by atoms with E-state index in [1.807, 2.05) is 12.1 Å². The smallest absolute Gasteiger partial charge is 0.134 e. The van der Waals surface area contributed by atoms with Crippen LogP contribution in [0, 0.1) is 5.82 Å². The van der Waals surface area contributed by atoms with Gasteiger partial charge in [0.1, 0.15) is 17.2 Å². The molecule has 0 aliphatic carbocycles. The van der Waals surface area contributed by atoms with Crippen LogP contribution in [-0.2, 0) is 0 Å². The highest BCUT2D eigenvalue weighted by Gasteiger charge is 2.16. The van der Waals surface area contributed by atoms with Crippen molar-refractivity contribution in [2.75, 3.05) is 0 Å². The Labute approximate surface area is 115 Å². The first-order chi connectivity index (χ1) is 8.63. The molecule has 2 heterocycles. The monoisotopic (exact) mass is 325 g/mol. The molecule has 2 aromatic heterocycles. The van der Waals surface area contributed by atoms with Crippen LogP contribution in [0.15, 0.2) is 44.6 Å². The number of nitrogens with two attached hydrogens (primary N) is 1. The molecule has 0 saturated carbocycles. The summed E-state index contributed by atoms with van der Waals surface area (Å²) in [6, 6.07) is 9.80. The van der Waals surface area contributed by atoms with Gasteiger partial charge in [-0.2, -0.15) is 0 Å². The fourth-order valence-electron chi connectivity index (χ4n) is 1.82. The summed E-state index contributed by atoms with van der Waals surface area (Å²) in [7, 11) is 0. The van der Waals surface area contributed by atoms with E-state index in [2.05, 4.69) is 15.9 Å². The predicted molar refractivity (Wildman–Crippen MR) is 74.2 cm³/mol. The molecule has 0 amide bonds. The fourth-order valence-corrected chi connectivity index (χ4v) is 3.26. The summed E-state index contributed by atoms with van der Waals surface area (Å²) in [5.41, 5.74) is 6.78. The first-order valence-corrected chi connectivity index (χ1v) is 6.94.